The lowest BCUT2D eigenvalue weighted by molar-refractivity contribution is -0.120. The van der Waals surface area contributed by atoms with Gasteiger partial charge in [0.15, 0.2) is 0 Å². The number of carbonyl (C=O) groups is 1. The molecule has 14 heavy (non-hydrogen) atoms. The van der Waals surface area contributed by atoms with Crippen LogP contribution in [-0.2, 0) is 4.79 Å². The Balaban J connectivity index is 1.71. The Kier molecular flexibility index (Phi) is 2.77. The van der Waals surface area contributed by atoms with Crippen LogP contribution in [0.5, 0.6) is 0 Å². The van der Waals surface area contributed by atoms with E-state index < -0.39 is 0 Å². The fraction of sp³-hybridized carbons (Fsp3) is 0.909. The van der Waals surface area contributed by atoms with Gasteiger partial charge in [0.05, 0.1) is 0 Å². The van der Waals surface area contributed by atoms with E-state index in [1.54, 1.807) is 7.05 Å². The van der Waals surface area contributed by atoms with E-state index in [9.17, 15) is 4.79 Å². The predicted molar refractivity (Wildman–Crippen MR) is 56.0 cm³/mol. The van der Waals surface area contributed by atoms with Gasteiger partial charge in [-0.3, -0.25) is 4.79 Å². The zero-order chi connectivity index (χ0) is 10.0. The first kappa shape index (κ1) is 9.97. The van der Waals surface area contributed by atoms with E-state index in [0.717, 1.165) is 6.54 Å². The summed E-state index contributed by atoms with van der Waals surface area (Å²) in [5.74, 6) is 0.166. The van der Waals surface area contributed by atoms with Gasteiger partial charge in [-0.2, -0.15) is 0 Å². The highest BCUT2D eigenvalue weighted by atomic mass is 16.1. The third kappa shape index (κ3) is 1.92. The van der Waals surface area contributed by atoms with Crippen LogP contribution >= 0.6 is 0 Å². The lowest BCUT2D eigenvalue weighted by atomic mass is 9.68. The normalized spacial score (nSPS) is 24.9. The summed E-state index contributed by atoms with van der Waals surface area (Å²) in [6, 6.07) is 0. The van der Waals surface area contributed by atoms with Crippen LogP contribution in [0.4, 0.5) is 0 Å². The van der Waals surface area contributed by atoms with Gasteiger partial charge < -0.3 is 10.2 Å². The van der Waals surface area contributed by atoms with Gasteiger partial charge in [-0.15, -0.1) is 0 Å². The predicted octanol–water partition coefficient (Wildman–Crippen LogP) is 0.998. The van der Waals surface area contributed by atoms with Crippen LogP contribution in [0.1, 0.15) is 32.1 Å². The quantitative estimate of drug-likeness (QED) is 0.730. The molecule has 1 aliphatic heterocycles. The number of rotatable bonds is 3. The SMILES string of the molecule is CNC(=O)CCN1CCC2(CCC2)C1. The molecule has 0 radical (unpaired) electrons. The molecule has 1 heterocycles. The fourth-order valence-electron chi connectivity index (χ4n) is 2.69. The van der Waals surface area contributed by atoms with Crippen molar-refractivity contribution in [2.75, 3.05) is 26.7 Å². The molecule has 80 valence electrons. The van der Waals surface area contributed by atoms with Gasteiger partial charge in [0.2, 0.25) is 5.91 Å². The highest BCUT2D eigenvalue weighted by molar-refractivity contribution is 5.75. The summed E-state index contributed by atoms with van der Waals surface area (Å²) in [5, 5.41) is 2.67. The minimum Gasteiger partial charge on any atom is -0.359 e. The largest absolute Gasteiger partial charge is 0.359 e. The molecule has 2 rings (SSSR count). The smallest absolute Gasteiger partial charge is 0.221 e. The van der Waals surface area contributed by atoms with Crippen LogP contribution in [0.15, 0.2) is 0 Å². The summed E-state index contributed by atoms with van der Waals surface area (Å²) in [7, 11) is 1.71. The van der Waals surface area contributed by atoms with Crippen molar-refractivity contribution in [3.8, 4) is 0 Å². The van der Waals surface area contributed by atoms with E-state index in [-0.39, 0.29) is 5.91 Å². The van der Waals surface area contributed by atoms with E-state index in [4.69, 9.17) is 0 Å². The molecule has 0 aromatic rings. The van der Waals surface area contributed by atoms with Crippen molar-refractivity contribution in [1.29, 1.82) is 0 Å². The molecule has 2 fully saturated rings. The molecule has 3 heteroatoms. The van der Waals surface area contributed by atoms with E-state index in [0.29, 0.717) is 11.8 Å². The first-order valence-electron chi connectivity index (χ1n) is 5.67. The van der Waals surface area contributed by atoms with Crippen LogP contribution < -0.4 is 5.32 Å². The summed E-state index contributed by atoms with van der Waals surface area (Å²) in [6.45, 7) is 3.39. The molecule has 0 aromatic heterocycles. The van der Waals surface area contributed by atoms with Gasteiger partial charge in [-0.25, -0.2) is 0 Å². The second-order valence-electron chi connectivity index (χ2n) is 4.80. The van der Waals surface area contributed by atoms with E-state index >= 15 is 0 Å². The maximum atomic E-state index is 11.1. The van der Waals surface area contributed by atoms with Gasteiger partial charge >= 0.3 is 0 Å². The van der Waals surface area contributed by atoms with Crippen molar-refractivity contribution in [1.82, 2.24) is 10.2 Å². The van der Waals surface area contributed by atoms with Crippen molar-refractivity contribution < 1.29 is 4.79 Å². The number of carbonyl (C=O) groups excluding carboxylic acids is 1. The summed E-state index contributed by atoms with van der Waals surface area (Å²) in [4.78, 5) is 13.5. The summed E-state index contributed by atoms with van der Waals surface area (Å²) < 4.78 is 0. The molecule has 0 bridgehead atoms. The topological polar surface area (TPSA) is 32.3 Å². The lowest BCUT2D eigenvalue weighted by Gasteiger charge is -2.38. The number of likely N-dealkylation sites (tertiary alicyclic amines) is 1. The van der Waals surface area contributed by atoms with Gasteiger partial charge in [0, 0.05) is 26.6 Å². The molecule has 1 aliphatic carbocycles. The lowest BCUT2D eigenvalue weighted by Crippen LogP contribution is -2.34. The Labute approximate surface area is 85.8 Å². The highest BCUT2D eigenvalue weighted by Crippen LogP contribution is 2.47. The molecule has 1 saturated heterocycles. The Morgan fingerprint density at radius 2 is 2.21 bits per heavy atom. The number of nitrogens with zero attached hydrogens (tertiary/aromatic N) is 1. The van der Waals surface area contributed by atoms with Crippen molar-refractivity contribution in [2.45, 2.75) is 32.1 Å². The van der Waals surface area contributed by atoms with Crippen molar-refractivity contribution in [2.24, 2.45) is 5.41 Å². The van der Waals surface area contributed by atoms with Gasteiger partial charge in [-0.05, 0) is 31.2 Å². The molecule has 1 amide bonds. The van der Waals surface area contributed by atoms with Crippen molar-refractivity contribution in [3.63, 3.8) is 0 Å². The first-order chi connectivity index (χ1) is 6.74. The van der Waals surface area contributed by atoms with Crippen molar-refractivity contribution in [3.05, 3.63) is 0 Å². The minimum absolute atomic E-state index is 0.166. The standard InChI is InChI=1S/C11H20N2O/c1-12-10(14)3-7-13-8-6-11(9-13)4-2-5-11/h2-9H2,1H3,(H,12,14). The molecule has 0 aromatic carbocycles. The maximum Gasteiger partial charge on any atom is 0.221 e. The number of hydrogen-bond acceptors (Lipinski definition) is 2. The van der Waals surface area contributed by atoms with Crippen molar-refractivity contribution >= 4 is 5.91 Å². The Morgan fingerprint density at radius 3 is 2.71 bits per heavy atom. The monoisotopic (exact) mass is 196 g/mol. The van der Waals surface area contributed by atoms with E-state index in [1.165, 1.54) is 38.8 Å². The zero-order valence-corrected chi connectivity index (χ0v) is 9.01. The number of amides is 1. The number of hydrogen-bond donors (Lipinski definition) is 1. The first-order valence-corrected chi connectivity index (χ1v) is 5.67. The third-order valence-corrected chi connectivity index (χ3v) is 3.87. The molecular formula is C11H20N2O. The Bertz CT molecular complexity index is 223. The van der Waals surface area contributed by atoms with Crippen LogP contribution in [-0.4, -0.2) is 37.5 Å². The number of nitrogens with one attached hydrogen (secondary N) is 1. The molecule has 2 aliphatic rings. The molecule has 0 atom stereocenters. The molecule has 1 saturated carbocycles. The van der Waals surface area contributed by atoms with Crippen LogP contribution in [0.2, 0.25) is 0 Å². The van der Waals surface area contributed by atoms with Crippen LogP contribution in [0.25, 0.3) is 0 Å². The molecule has 1 spiro atoms. The minimum atomic E-state index is 0.166. The molecule has 1 N–H and O–H groups in total. The van der Waals surface area contributed by atoms with E-state index in [2.05, 4.69) is 10.2 Å². The highest BCUT2D eigenvalue weighted by Gasteiger charge is 2.42. The van der Waals surface area contributed by atoms with Gasteiger partial charge in [0.25, 0.3) is 0 Å². The maximum absolute atomic E-state index is 11.1. The zero-order valence-electron chi connectivity index (χ0n) is 9.01. The van der Waals surface area contributed by atoms with Gasteiger partial charge in [-0.1, -0.05) is 6.42 Å². The molecular weight excluding hydrogens is 176 g/mol. The third-order valence-electron chi connectivity index (χ3n) is 3.87. The average Bonchev–Trinajstić information content (AvgIpc) is 2.58. The summed E-state index contributed by atoms with van der Waals surface area (Å²) in [5.41, 5.74) is 0.669. The molecule has 3 nitrogen and oxygen atoms in total. The van der Waals surface area contributed by atoms with E-state index in [1.807, 2.05) is 0 Å². The fourth-order valence-corrected chi connectivity index (χ4v) is 2.69. The summed E-state index contributed by atoms with van der Waals surface area (Å²) >= 11 is 0. The van der Waals surface area contributed by atoms with Crippen LogP contribution in [0, 0.1) is 5.41 Å². The second-order valence-corrected chi connectivity index (χ2v) is 4.80. The van der Waals surface area contributed by atoms with Gasteiger partial charge in [0.1, 0.15) is 0 Å². The Morgan fingerprint density at radius 1 is 1.43 bits per heavy atom. The molecule has 0 unspecified atom stereocenters. The Hall–Kier alpha value is -0.570. The average molecular weight is 196 g/mol. The second kappa shape index (κ2) is 3.89. The summed E-state index contributed by atoms with van der Waals surface area (Å²) in [6.07, 6.45) is 6.28. The van der Waals surface area contributed by atoms with Crippen LogP contribution in [0.3, 0.4) is 0 Å².